The summed E-state index contributed by atoms with van der Waals surface area (Å²) in [5.41, 5.74) is 7.95. The van der Waals surface area contributed by atoms with Crippen LogP contribution in [0.5, 0.6) is 0 Å². The minimum atomic E-state index is -1.26. The van der Waals surface area contributed by atoms with Crippen LogP contribution >= 0.6 is 0 Å². The summed E-state index contributed by atoms with van der Waals surface area (Å²) in [6, 6.07) is 0. The summed E-state index contributed by atoms with van der Waals surface area (Å²) < 4.78 is 0. The van der Waals surface area contributed by atoms with Crippen molar-refractivity contribution >= 4 is 17.7 Å². The van der Waals surface area contributed by atoms with Crippen LogP contribution in [0.1, 0.15) is 5.56 Å². The number of carbonyl (C=O) groups is 1. The molecule has 0 fully saturated rings. The Labute approximate surface area is 92.0 Å². The van der Waals surface area contributed by atoms with E-state index in [1.807, 2.05) is 0 Å². The molecule has 8 nitrogen and oxygen atoms in total. The monoisotopic (exact) mass is 226 g/mol. The lowest BCUT2D eigenvalue weighted by Gasteiger charge is -2.11. The van der Waals surface area contributed by atoms with Crippen molar-refractivity contribution in [1.82, 2.24) is 9.97 Å². The number of hydrogen-bond donors (Lipinski definition) is 5. The summed E-state index contributed by atoms with van der Waals surface area (Å²) in [5.74, 6) is 5.06. The summed E-state index contributed by atoms with van der Waals surface area (Å²) >= 11 is 0. The second kappa shape index (κ2) is 5.24. The molecule has 0 spiro atoms. The van der Waals surface area contributed by atoms with Gasteiger partial charge in [0.15, 0.2) is 0 Å². The number of nitrogens with zero attached hydrogens (tertiary/aromatic N) is 2. The Bertz CT molecular complexity index is 383. The molecule has 1 amide bonds. The lowest BCUT2D eigenvalue weighted by Crippen LogP contribution is -2.34. The predicted octanol–water partition coefficient (Wildman–Crippen LogP) is -1.67. The highest BCUT2D eigenvalue weighted by Crippen LogP contribution is 2.11. The summed E-state index contributed by atoms with van der Waals surface area (Å²) in [6.07, 6.45) is 0.296. The standard InChI is InChI=1S/C8H14N6O2/c1-4-2-12-8(14-10)13-7(4)11-3-5(15)6(9)16/h2,5,15H,3,10H2,1H3,(H2,9,16)(H2,11,12,13,14). The number of carbonyl (C=O) groups excluding carboxylic acids is 1. The second-order valence-corrected chi connectivity index (χ2v) is 3.17. The molecule has 0 bridgehead atoms. The molecule has 1 atom stereocenters. The fraction of sp³-hybridized carbons (Fsp3) is 0.375. The van der Waals surface area contributed by atoms with Gasteiger partial charge in [-0.15, -0.1) is 0 Å². The fourth-order valence-electron chi connectivity index (χ4n) is 0.984. The first-order chi connectivity index (χ1) is 7.54. The van der Waals surface area contributed by atoms with Gasteiger partial charge in [-0.05, 0) is 6.92 Å². The predicted molar refractivity (Wildman–Crippen MR) is 58.3 cm³/mol. The minimum absolute atomic E-state index is 0.0167. The van der Waals surface area contributed by atoms with Gasteiger partial charge in [-0.1, -0.05) is 0 Å². The van der Waals surface area contributed by atoms with Gasteiger partial charge in [-0.2, -0.15) is 4.98 Å². The van der Waals surface area contributed by atoms with Gasteiger partial charge in [-0.3, -0.25) is 10.2 Å². The molecular formula is C8H14N6O2. The van der Waals surface area contributed by atoms with E-state index in [1.165, 1.54) is 0 Å². The first-order valence-corrected chi connectivity index (χ1v) is 4.56. The van der Waals surface area contributed by atoms with Crippen LogP contribution in [0.2, 0.25) is 0 Å². The second-order valence-electron chi connectivity index (χ2n) is 3.17. The first kappa shape index (κ1) is 12.1. The van der Waals surface area contributed by atoms with Crippen molar-refractivity contribution in [3.8, 4) is 0 Å². The molecule has 1 aromatic heterocycles. The molecule has 1 heterocycles. The molecule has 0 saturated heterocycles. The van der Waals surface area contributed by atoms with Crippen LogP contribution in [-0.2, 0) is 4.79 Å². The number of aromatic nitrogens is 2. The van der Waals surface area contributed by atoms with Crippen LogP contribution in [0.4, 0.5) is 11.8 Å². The third kappa shape index (κ3) is 3.04. The van der Waals surface area contributed by atoms with E-state index in [-0.39, 0.29) is 12.5 Å². The van der Waals surface area contributed by atoms with E-state index in [4.69, 9.17) is 11.6 Å². The molecule has 16 heavy (non-hydrogen) atoms. The number of nitrogens with one attached hydrogen (secondary N) is 2. The Balaban J connectivity index is 2.69. The topological polar surface area (TPSA) is 139 Å². The van der Waals surface area contributed by atoms with Gasteiger partial charge in [0.1, 0.15) is 11.9 Å². The zero-order valence-corrected chi connectivity index (χ0v) is 8.77. The lowest BCUT2D eigenvalue weighted by atomic mass is 10.3. The zero-order valence-electron chi connectivity index (χ0n) is 8.77. The average Bonchev–Trinajstić information content (AvgIpc) is 2.27. The number of aryl methyl sites for hydroxylation is 1. The summed E-state index contributed by atoms with van der Waals surface area (Å²) in [4.78, 5) is 18.5. The number of primary amides is 1. The van der Waals surface area contributed by atoms with Crippen molar-refractivity contribution in [3.05, 3.63) is 11.8 Å². The molecular weight excluding hydrogens is 212 g/mol. The third-order valence-electron chi connectivity index (χ3n) is 1.89. The molecule has 8 heteroatoms. The van der Waals surface area contributed by atoms with Crippen molar-refractivity contribution in [2.75, 3.05) is 17.3 Å². The van der Waals surface area contributed by atoms with Crippen LogP contribution in [-0.4, -0.2) is 33.6 Å². The number of nitrogen functional groups attached to an aromatic ring is 1. The van der Waals surface area contributed by atoms with Crippen molar-refractivity contribution in [2.24, 2.45) is 11.6 Å². The van der Waals surface area contributed by atoms with Crippen LogP contribution in [0.3, 0.4) is 0 Å². The Kier molecular flexibility index (Phi) is 3.97. The Morgan fingerprint density at radius 1 is 1.69 bits per heavy atom. The van der Waals surface area contributed by atoms with Gasteiger partial charge in [-0.25, -0.2) is 10.8 Å². The lowest BCUT2D eigenvalue weighted by molar-refractivity contribution is -0.125. The zero-order chi connectivity index (χ0) is 12.1. The number of anilines is 2. The molecule has 0 aliphatic heterocycles. The van der Waals surface area contributed by atoms with Crippen LogP contribution in [0.15, 0.2) is 6.20 Å². The number of hydrazine groups is 1. The molecule has 88 valence electrons. The van der Waals surface area contributed by atoms with E-state index in [2.05, 4.69) is 20.7 Å². The number of aliphatic hydroxyl groups is 1. The van der Waals surface area contributed by atoms with Gasteiger partial charge in [0.25, 0.3) is 0 Å². The molecule has 0 radical (unpaired) electrons. The molecule has 0 saturated carbocycles. The summed E-state index contributed by atoms with van der Waals surface area (Å²) in [7, 11) is 0. The van der Waals surface area contributed by atoms with Gasteiger partial charge < -0.3 is 16.2 Å². The van der Waals surface area contributed by atoms with Crippen molar-refractivity contribution in [2.45, 2.75) is 13.0 Å². The van der Waals surface area contributed by atoms with Crippen molar-refractivity contribution < 1.29 is 9.90 Å². The van der Waals surface area contributed by atoms with Gasteiger partial charge >= 0.3 is 0 Å². The van der Waals surface area contributed by atoms with Crippen molar-refractivity contribution in [1.29, 1.82) is 0 Å². The van der Waals surface area contributed by atoms with Gasteiger partial charge in [0.2, 0.25) is 11.9 Å². The number of amides is 1. The van der Waals surface area contributed by atoms with Gasteiger partial charge in [0, 0.05) is 11.8 Å². The van der Waals surface area contributed by atoms with Crippen LogP contribution < -0.4 is 22.3 Å². The maximum atomic E-state index is 10.6. The number of aliphatic hydroxyl groups excluding tert-OH is 1. The molecule has 7 N–H and O–H groups in total. The SMILES string of the molecule is Cc1cnc(NN)nc1NCC(O)C(N)=O. The third-order valence-corrected chi connectivity index (χ3v) is 1.89. The first-order valence-electron chi connectivity index (χ1n) is 4.56. The highest BCUT2D eigenvalue weighted by molar-refractivity contribution is 5.79. The molecule has 0 aliphatic carbocycles. The average molecular weight is 226 g/mol. The maximum absolute atomic E-state index is 10.6. The fourth-order valence-corrected chi connectivity index (χ4v) is 0.984. The van der Waals surface area contributed by atoms with E-state index in [0.717, 1.165) is 5.56 Å². The normalized spacial score (nSPS) is 11.9. The highest BCUT2D eigenvalue weighted by Gasteiger charge is 2.11. The Morgan fingerprint density at radius 2 is 2.38 bits per heavy atom. The summed E-state index contributed by atoms with van der Waals surface area (Å²) in [5, 5.41) is 12.0. The highest BCUT2D eigenvalue weighted by atomic mass is 16.3. The van der Waals surface area contributed by atoms with E-state index < -0.39 is 12.0 Å². The molecule has 1 unspecified atom stereocenters. The van der Waals surface area contributed by atoms with E-state index in [1.54, 1.807) is 13.1 Å². The molecule has 1 aromatic rings. The molecule has 0 aliphatic rings. The number of rotatable bonds is 5. The van der Waals surface area contributed by atoms with Crippen LogP contribution in [0, 0.1) is 6.92 Å². The van der Waals surface area contributed by atoms with Crippen LogP contribution in [0.25, 0.3) is 0 Å². The van der Waals surface area contributed by atoms with Crippen molar-refractivity contribution in [3.63, 3.8) is 0 Å². The maximum Gasteiger partial charge on any atom is 0.248 e. The van der Waals surface area contributed by atoms with E-state index >= 15 is 0 Å². The Morgan fingerprint density at radius 3 is 2.94 bits per heavy atom. The molecule has 1 rings (SSSR count). The smallest absolute Gasteiger partial charge is 0.248 e. The number of nitrogens with two attached hydrogens (primary N) is 2. The Hall–Kier alpha value is -1.93. The number of hydrogen-bond acceptors (Lipinski definition) is 7. The van der Waals surface area contributed by atoms with E-state index in [0.29, 0.717) is 5.82 Å². The van der Waals surface area contributed by atoms with E-state index in [9.17, 15) is 9.90 Å². The minimum Gasteiger partial charge on any atom is -0.381 e. The quantitative estimate of drug-likeness (QED) is 0.298. The van der Waals surface area contributed by atoms with Gasteiger partial charge in [0.05, 0.1) is 6.54 Å². The largest absolute Gasteiger partial charge is 0.381 e. The molecule has 0 aromatic carbocycles. The summed E-state index contributed by atoms with van der Waals surface area (Å²) in [6.45, 7) is 1.76.